The second kappa shape index (κ2) is 12.6. The minimum atomic E-state index is -2.34. The van der Waals surface area contributed by atoms with Gasteiger partial charge in [0.05, 0.1) is 32.3 Å². The number of aliphatic hydroxyl groups excluding tert-OH is 6. The van der Waals surface area contributed by atoms with Crippen LogP contribution in [0.15, 0.2) is 23.5 Å². The van der Waals surface area contributed by atoms with Gasteiger partial charge in [0.2, 0.25) is 18.0 Å². The van der Waals surface area contributed by atoms with Crippen molar-refractivity contribution in [1.29, 1.82) is 0 Å². The number of hydrogen-bond donors (Lipinski definition) is 6. The lowest BCUT2D eigenvalue weighted by atomic mass is 9.38. The average molecular weight is 711 g/mol. The summed E-state index contributed by atoms with van der Waals surface area (Å²) in [5, 5.41) is 64.8. The van der Waals surface area contributed by atoms with Crippen LogP contribution in [-0.4, -0.2) is 135 Å². The molecule has 0 aromatic rings. The predicted molar refractivity (Wildman–Crippen MR) is 164 cm³/mol. The van der Waals surface area contributed by atoms with Crippen LogP contribution in [0.4, 0.5) is 0 Å². The summed E-state index contributed by atoms with van der Waals surface area (Å²) in [6, 6.07) is 0. The van der Waals surface area contributed by atoms with Gasteiger partial charge in [0, 0.05) is 23.3 Å². The summed E-state index contributed by atoms with van der Waals surface area (Å²) in [7, 11) is 1.06. The summed E-state index contributed by atoms with van der Waals surface area (Å²) in [6.07, 6.45) is -12.2. The quantitative estimate of drug-likeness (QED) is 0.0976. The second-order valence-corrected chi connectivity index (χ2v) is 15.1. The third-order valence-corrected chi connectivity index (χ3v) is 12.4. The first-order valence-electron chi connectivity index (χ1n) is 16.8. The minimum absolute atomic E-state index is 0.0294. The number of fused-ring (bicyclic) bond motifs is 2. The molecule has 16 atom stereocenters. The molecule has 3 aliphatic carbocycles. The van der Waals surface area contributed by atoms with Crippen molar-refractivity contribution in [3.05, 3.63) is 23.5 Å². The monoisotopic (exact) mass is 710 g/mol. The van der Waals surface area contributed by atoms with E-state index in [0.717, 1.165) is 7.11 Å². The van der Waals surface area contributed by atoms with Gasteiger partial charge in [-0.05, 0) is 36.7 Å². The van der Waals surface area contributed by atoms with E-state index >= 15 is 0 Å². The van der Waals surface area contributed by atoms with Crippen molar-refractivity contribution < 1.29 is 78.2 Å². The van der Waals surface area contributed by atoms with Gasteiger partial charge in [-0.3, -0.25) is 4.79 Å². The van der Waals surface area contributed by atoms with Gasteiger partial charge in [-0.1, -0.05) is 33.3 Å². The summed E-state index contributed by atoms with van der Waals surface area (Å²) in [5.74, 6) is -7.88. The summed E-state index contributed by atoms with van der Waals surface area (Å²) in [4.78, 5) is 54.5. The Bertz CT molecular complexity index is 1490. The number of aliphatic hydroxyl groups is 6. The van der Waals surface area contributed by atoms with Crippen molar-refractivity contribution in [2.75, 3.05) is 20.3 Å². The molecule has 2 bridgehead atoms. The Morgan fingerprint density at radius 1 is 1.06 bits per heavy atom. The van der Waals surface area contributed by atoms with Crippen molar-refractivity contribution in [2.24, 2.45) is 40.4 Å². The standard InChI is InChI=1S/C34H46O16/c1-12(2)13(3)7-19(36)50-25-27-33-11-46-34(27,31(44)45-6)28(42)24(41)26(33)32(5)9-16(20(37)14(4)15(32)8-18(33)49-29(25)43)47-30-23(40)22(39)21(38)17(10-35)48-30/h7,9,12,14-15,17-18,21-28,30,35,38-42H,8,10-11H2,1-6H3/t14-,15-,17+,18+,21+,22-,23+,24+,25+,26?,27?,28-,30+,32-,33+,34-/m0/s1. The van der Waals surface area contributed by atoms with Crippen LogP contribution in [0.1, 0.15) is 41.0 Å². The van der Waals surface area contributed by atoms with Crippen LogP contribution < -0.4 is 0 Å². The zero-order valence-electron chi connectivity index (χ0n) is 28.6. The molecule has 0 aromatic carbocycles. The molecule has 3 aliphatic heterocycles. The molecule has 278 valence electrons. The lowest BCUT2D eigenvalue weighted by Crippen LogP contribution is -2.79. The Morgan fingerprint density at radius 2 is 1.74 bits per heavy atom. The normalized spacial score (nSPS) is 48.2. The molecule has 2 unspecified atom stereocenters. The minimum Gasteiger partial charge on any atom is -0.467 e. The summed E-state index contributed by atoms with van der Waals surface area (Å²) in [5.41, 5.74) is -4.45. The third kappa shape index (κ3) is 4.94. The topological polar surface area (TPSA) is 245 Å². The number of methoxy groups -OCH3 is 1. The number of ketones is 1. The molecule has 6 rings (SSSR count). The van der Waals surface area contributed by atoms with Crippen LogP contribution in [0, 0.1) is 40.4 Å². The van der Waals surface area contributed by atoms with Crippen molar-refractivity contribution >= 4 is 23.7 Å². The fraction of sp³-hybridized carbons (Fsp3) is 0.765. The van der Waals surface area contributed by atoms with E-state index < -0.39 is 126 Å². The van der Waals surface area contributed by atoms with E-state index in [9.17, 15) is 49.8 Å². The zero-order valence-corrected chi connectivity index (χ0v) is 28.6. The van der Waals surface area contributed by atoms with Gasteiger partial charge in [0.1, 0.15) is 36.6 Å². The first-order valence-corrected chi connectivity index (χ1v) is 16.8. The van der Waals surface area contributed by atoms with Crippen LogP contribution in [0.2, 0.25) is 0 Å². The molecule has 6 aliphatic rings. The first-order chi connectivity index (χ1) is 23.4. The van der Waals surface area contributed by atoms with Crippen molar-refractivity contribution in [1.82, 2.24) is 0 Å². The number of carbonyl (C=O) groups is 4. The molecule has 3 heterocycles. The molecule has 0 radical (unpaired) electrons. The van der Waals surface area contributed by atoms with Crippen molar-refractivity contribution in [3.63, 3.8) is 0 Å². The van der Waals surface area contributed by atoms with Crippen molar-refractivity contribution in [2.45, 2.75) is 102 Å². The van der Waals surface area contributed by atoms with Crippen LogP contribution in [0.5, 0.6) is 0 Å². The van der Waals surface area contributed by atoms with Gasteiger partial charge >= 0.3 is 17.9 Å². The highest BCUT2D eigenvalue weighted by Gasteiger charge is 2.85. The van der Waals surface area contributed by atoms with E-state index in [0.29, 0.717) is 5.57 Å². The highest BCUT2D eigenvalue weighted by molar-refractivity contribution is 5.97. The Hall–Kier alpha value is -2.96. The smallest absolute Gasteiger partial charge is 0.348 e. The largest absolute Gasteiger partial charge is 0.467 e. The molecular weight excluding hydrogens is 664 g/mol. The van der Waals surface area contributed by atoms with E-state index in [1.165, 1.54) is 12.2 Å². The first kappa shape index (κ1) is 36.8. The predicted octanol–water partition coefficient (Wildman–Crippen LogP) is -1.73. The fourth-order valence-electron chi connectivity index (χ4n) is 9.69. The van der Waals surface area contributed by atoms with E-state index in [2.05, 4.69) is 0 Å². The number of ether oxygens (including phenoxy) is 6. The highest BCUT2D eigenvalue weighted by Crippen LogP contribution is 2.72. The Balaban J connectivity index is 1.47. The SMILES string of the molecule is COC(=O)[C@@]12OC[C@]34C([C@@H](O)[C@@H]1O)[C@@]1(C)C=C(O[C@@H]5O[C@H](CO)[C@@H](O)[C@H](O)[C@H]5O)C(=O)[C@@H](C)[C@@H]1C[C@H]3OC(=O)[C@H](OC(=O)C=C(C)C(C)C)C42. The van der Waals surface area contributed by atoms with Gasteiger partial charge in [-0.25, -0.2) is 14.4 Å². The van der Waals surface area contributed by atoms with E-state index in [4.69, 9.17) is 28.4 Å². The number of esters is 3. The highest BCUT2D eigenvalue weighted by atomic mass is 16.7. The molecule has 5 fully saturated rings. The molecule has 2 saturated carbocycles. The van der Waals surface area contributed by atoms with Gasteiger partial charge in [0.15, 0.2) is 11.5 Å². The number of Topliss-reactive ketones (excluding diaryl/α,β-unsaturated/α-hetero) is 1. The lowest BCUT2D eigenvalue weighted by Gasteiger charge is -2.67. The second-order valence-electron chi connectivity index (χ2n) is 15.1. The fourth-order valence-corrected chi connectivity index (χ4v) is 9.69. The average Bonchev–Trinajstić information content (AvgIpc) is 3.38. The van der Waals surface area contributed by atoms with E-state index in [-0.39, 0.29) is 24.7 Å². The molecule has 3 saturated heterocycles. The summed E-state index contributed by atoms with van der Waals surface area (Å²) in [6.45, 7) is 7.69. The van der Waals surface area contributed by atoms with Crippen LogP contribution in [0.3, 0.4) is 0 Å². The maximum Gasteiger partial charge on any atom is 0.348 e. The van der Waals surface area contributed by atoms with Crippen LogP contribution in [-0.2, 0) is 47.6 Å². The molecule has 6 N–H and O–H groups in total. The molecule has 16 heteroatoms. The Morgan fingerprint density at radius 3 is 2.36 bits per heavy atom. The van der Waals surface area contributed by atoms with Gasteiger partial charge < -0.3 is 59.1 Å². The molecule has 1 spiro atoms. The molecule has 0 amide bonds. The maximum atomic E-state index is 13.8. The Kier molecular flexibility index (Phi) is 9.29. The number of carbonyl (C=O) groups excluding carboxylic acids is 4. The Labute approximate surface area is 287 Å². The van der Waals surface area contributed by atoms with Crippen LogP contribution >= 0.6 is 0 Å². The molecule has 16 nitrogen and oxygen atoms in total. The third-order valence-electron chi connectivity index (χ3n) is 12.4. The van der Waals surface area contributed by atoms with Gasteiger partial charge in [-0.15, -0.1) is 0 Å². The zero-order chi connectivity index (χ0) is 36.8. The van der Waals surface area contributed by atoms with Crippen molar-refractivity contribution in [3.8, 4) is 0 Å². The van der Waals surface area contributed by atoms with Gasteiger partial charge in [0.25, 0.3) is 0 Å². The maximum absolute atomic E-state index is 13.8. The lowest BCUT2D eigenvalue weighted by molar-refractivity contribution is -0.296. The van der Waals surface area contributed by atoms with Gasteiger partial charge in [-0.2, -0.15) is 0 Å². The number of rotatable bonds is 7. The van der Waals surface area contributed by atoms with Crippen LogP contribution in [0.25, 0.3) is 0 Å². The molecular formula is C34H46O16. The number of hydrogen-bond acceptors (Lipinski definition) is 16. The summed E-state index contributed by atoms with van der Waals surface area (Å²) < 4.78 is 34.4. The molecule has 50 heavy (non-hydrogen) atoms. The number of allylic oxidation sites excluding steroid dienone is 3. The molecule has 0 aromatic heterocycles. The van der Waals surface area contributed by atoms with E-state index in [1.807, 2.05) is 13.8 Å². The van der Waals surface area contributed by atoms with E-state index in [1.54, 1.807) is 20.8 Å². The summed E-state index contributed by atoms with van der Waals surface area (Å²) >= 11 is 0.